The van der Waals surface area contributed by atoms with Gasteiger partial charge in [-0.1, -0.05) is 0 Å². The first kappa shape index (κ1) is 17.9. The second-order valence-corrected chi connectivity index (χ2v) is 7.24. The molecule has 1 amide bonds. The van der Waals surface area contributed by atoms with Gasteiger partial charge < -0.3 is 15.0 Å². The topological polar surface area (TPSA) is 87.7 Å². The molecule has 1 heterocycles. The number of benzene rings is 1. The molecule has 1 atom stereocenters. The Kier molecular flexibility index (Phi) is 6.11. The fourth-order valence-corrected chi connectivity index (χ4v) is 3.28. The van der Waals surface area contributed by atoms with Crippen molar-refractivity contribution in [1.82, 2.24) is 14.9 Å². The van der Waals surface area contributed by atoms with E-state index in [4.69, 9.17) is 4.74 Å². The predicted octanol–water partition coefficient (Wildman–Crippen LogP) is 0.0452. The number of amides is 1. The van der Waals surface area contributed by atoms with Crippen LogP contribution in [0.3, 0.4) is 0 Å². The van der Waals surface area contributed by atoms with Crippen LogP contribution in [0.4, 0.5) is 0 Å². The van der Waals surface area contributed by atoms with Crippen molar-refractivity contribution in [2.24, 2.45) is 0 Å². The van der Waals surface area contributed by atoms with Crippen LogP contribution in [-0.2, 0) is 14.8 Å². The lowest BCUT2D eigenvalue weighted by Crippen LogP contribution is -2.40. The lowest BCUT2D eigenvalue weighted by Gasteiger charge is -2.26. The Morgan fingerprint density at radius 1 is 1.26 bits per heavy atom. The van der Waals surface area contributed by atoms with E-state index < -0.39 is 10.0 Å². The maximum atomic E-state index is 12.3. The molecule has 0 aliphatic carbocycles. The van der Waals surface area contributed by atoms with Gasteiger partial charge in [0.15, 0.2) is 0 Å². The van der Waals surface area contributed by atoms with E-state index in [9.17, 15) is 13.2 Å². The molecule has 2 rings (SSSR count). The predicted molar refractivity (Wildman–Crippen MR) is 86.9 cm³/mol. The highest BCUT2D eigenvalue weighted by Crippen LogP contribution is 2.13. The van der Waals surface area contributed by atoms with E-state index in [0.29, 0.717) is 38.4 Å². The molecule has 2 N–H and O–H groups in total. The van der Waals surface area contributed by atoms with Gasteiger partial charge in [-0.05, 0) is 38.2 Å². The summed E-state index contributed by atoms with van der Waals surface area (Å²) in [4.78, 5) is 14.2. The number of hydrogen-bond acceptors (Lipinski definition) is 5. The Bertz CT molecular complexity index is 625. The summed E-state index contributed by atoms with van der Waals surface area (Å²) in [6, 6.07) is 6.05. The summed E-state index contributed by atoms with van der Waals surface area (Å²) in [6.07, 6.45) is 0. The van der Waals surface area contributed by atoms with E-state index in [-0.39, 0.29) is 16.8 Å². The fourth-order valence-electron chi connectivity index (χ4n) is 2.15. The largest absolute Gasteiger partial charge is 0.378 e. The average molecular weight is 341 g/mol. The molecule has 0 spiro atoms. The van der Waals surface area contributed by atoms with E-state index in [1.165, 1.54) is 12.1 Å². The second kappa shape index (κ2) is 7.87. The van der Waals surface area contributed by atoms with Gasteiger partial charge in [0.2, 0.25) is 10.0 Å². The van der Waals surface area contributed by atoms with E-state index in [1.54, 1.807) is 24.1 Å². The summed E-state index contributed by atoms with van der Waals surface area (Å²) < 4.78 is 32.1. The van der Waals surface area contributed by atoms with Gasteiger partial charge in [0.25, 0.3) is 5.91 Å². The van der Waals surface area contributed by atoms with Crippen molar-refractivity contribution in [1.29, 1.82) is 0 Å². The normalized spacial score (nSPS) is 17.0. The summed E-state index contributed by atoms with van der Waals surface area (Å²) >= 11 is 0. The molecule has 1 saturated heterocycles. The molecule has 1 fully saturated rings. The number of hydrogen-bond donors (Lipinski definition) is 2. The first-order valence-electron chi connectivity index (χ1n) is 7.58. The Hall–Kier alpha value is -1.48. The maximum absolute atomic E-state index is 12.3. The first-order valence-corrected chi connectivity index (χ1v) is 9.06. The number of rotatable bonds is 6. The van der Waals surface area contributed by atoms with Crippen LogP contribution < -0.4 is 10.0 Å². The molecule has 1 aliphatic heterocycles. The Morgan fingerprint density at radius 3 is 2.43 bits per heavy atom. The lowest BCUT2D eigenvalue weighted by atomic mass is 10.2. The van der Waals surface area contributed by atoms with Gasteiger partial charge in [0.05, 0.1) is 18.1 Å². The van der Waals surface area contributed by atoms with Crippen molar-refractivity contribution in [2.75, 3.05) is 39.9 Å². The molecule has 1 unspecified atom stereocenters. The fraction of sp³-hybridized carbons (Fsp3) is 0.533. The van der Waals surface area contributed by atoms with Crippen LogP contribution in [0, 0.1) is 0 Å². The SMILES string of the molecule is CNC(C)CNS(=O)(=O)c1ccc(C(=O)N2CCOCC2)cc1. The third-order valence-electron chi connectivity index (χ3n) is 3.78. The van der Waals surface area contributed by atoms with E-state index in [0.717, 1.165) is 0 Å². The number of sulfonamides is 1. The quantitative estimate of drug-likeness (QED) is 0.763. The summed E-state index contributed by atoms with van der Waals surface area (Å²) in [6.45, 7) is 4.36. The van der Waals surface area contributed by atoms with Crippen LogP contribution in [0.5, 0.6) is 0 Å². The molecule has 0 saturated carbocycles. The number of nitrogens with zero attached hydrogens (tertiary/aromatic N) is 1. The highest BCUT2D eigenvalue weighted by molar-refractivity contribution is 7.89. The van der Waals surface area contributed by atoms with Gasteiger partial charge in [0.1, 0.15) is 0 Å². The Balaban J connectivity index is 2.04. The highest BCUT2D eigenvalue weighted by Gasteiger charge is 2.20. The minimum Gasteiger partial charge on any atom is -0.378 e. The van der Waals surface area contributed by atoms with Crippen LogP contribution in [0.15, 0.2) is 29.2 Å². The average Bonchev–Trinajstić information content (AvgIpc) is 2.60. The van der Waals surface area contributed by atoms with Crippen molar-refractivity contribution in [2.45, 2.75) is 17.9 Å². The third-order valence-corrected chi connectivity index (χ3v) is 5.22. The molecule has 1 aromatic rings. The maximum Gasteiger partial charge on any atom is 0.254 e. The van der Waals surface area contributed by atoms with Gasteiger partial charge in [0, 0.05) is 31.2 Å². The number of carbonyl (C=O) groups excluding carboxylic acids is 1. The summed E-state index contributed by atoms with van der Waals surface area (Å²) in [5.41, 5.74) is 0.481. The smallest absolute Gasteiger partial charge is 0.254 e. The molecule has 7 nitrogen and oxygen atoms in total. The monoisotopic (exact) mass is 341 g/mol. The zero-order valence-electron chi connectivity index (χ0n) is 13.4. The first-order chi connectivity index (χ1) is 10.9. The number of ether oxygens (including phenoxy) is 1. The Morgan fingerprint density at radius 2 is 1.87 bits per heavy atom. The van der Waals surface area contributed by atoms with Gasteiger partial charge in [-0.25, -0.2) is 13.1 Å². The highest BCUT2D eigenvalue weighted by atomic mass is 32.2. The molecule has 0 bridgehead atoms. The van der Waals surface area contributed by atoms with E-state index >= 15 is 0 Å². The number of nitrogens with one attached hydrogen (secondary N) is 2. The van der Waals surface area contributed by atoms with Crippen LogP contribution in [-0.4, -0.2) is 65.2 Å². The van der Waals surface area contributed by atoms with Crippen LogP contribution in [0.1, 0.15) is 17.3 Å². The molecule has 23 heavy (non-hydrogen) atoms. The van der Waals surface area contributed by atoms with Crippen LogP contribution in [0.2, 0.25) is 0 Å². The van der Waals surface area contributed by atoms with Crippen molar-refractivity contribution in [3.05, 3.63) is 29.8 Å². The molecule has 0 aromatic heterocycles. The molecular formula is C15H23N3O4S. The Labute approximate surface area is 137 Å². The van der Waals surface area contributed by atoms with Gasteiger partial charge >= 0.3 is 0 Å². The lowest BCUT2D eigenvalue weighted by molar-refractivity contribution is 0.0303. The molecule has 1 aliphatic rings. The molecular weight excluding hydrogens is 318 g/mol. The zero-order chi connectivity index (χ0) is 16.9. The van der Waals surface area contributed by atoms with Crippen molar-refractivity contribution < 1.29 is 17.9 Å². The van der Waals surface area contributed by atoms with Crippen LogP contribution >= 0.6 is 0 Å². The van der Waals surface area contributed by atoms with Gasteiger partial charge in [-0.3, -0.25) is 4.79 Å². The molecule has 128 valence electrons. The van der Waals surface area contributed by atoms with Crippen molar-refractivity contribution in [3.63, 3.8) is 0 Å². The van der Waals surface area contributed by atoms with Gasteiger partial charge in [-0.2, -0.15) is 0 Å². The van der Waals surface area contributed by atoms with E-state index in [2.05, 4.69) is 10.0 Å². The van der Waals surface area contributed by atoms with Gasteiger partial charge in [-0.15, -0.1) is 0 Å². The summed E-state index contributed by atoms with van der Waals surface area (Å²) in [5, 5.41) is 2.96. The minimum atomic E-state index is -3.57. The second-order valence-electron chi connectivity index (χ2n) is 5.47. The molecule has 8 heteroatoms. The summed E-state index contributed by atoms with van der Waals surface area (Å²) in [5.74, 6) is -0.103. The molecule has 1 aromatic carbocycles. The van der Waals surface area contributed by atoms with E-state index in [1.807, 2.05) is 6.92 Å². The van der Waals surface area contributed by atoms with Crippen molar-refractivity contribution >= 4 is 15.9 Å². The number of likely N-dealkylation sites (N-methyl/N-ethyl adjacent to an activating group) is 1. The molecule has 0 radical (unpaired) electrons. The van der Waals surface area contributed by atoms with Crippen molar-refractivity contribution in [3.8, 4) is 0 Å². The minimum absolute atomic E-state index is 0.0342. The standard InChI is InChI=1S/C15H23N3O4S/c1-12(16-2)11-17-23(20,21)14-5-3-13(4-6-14)15(19)18-7-9-22-10-8-18/h3-6,12,16-17H,7-11H2,1-2H3. The number of morpholine rings is 1. The third kappa shape index (κ3) is 4.74. The van der Waals surface area contributed by atoms with Crippen LogP contribution in [0.25, 0.3) is 0 Å². The number of carbonyl (C=O) groups is 1. The zero-order valence-corrected chi connectivity index (χ0v) is 14.2. The summed E-state index contributed by atoms with van der Waals surface area (Å²) in [7, 11) is -1.80.